The van der Waals surface area contributed by atoms with Crippen molar-refractivity contribution in [3.63, 3.8) is 0 Å². The predicted molar refractivity (Wildman–Crippen MR) is 66.8 cm³/mol. The summed E-state index contributed by atoms with van der Waals surface area (Å²) < 4.78 is 13.6. The van der Waals surface area contributed by atoms with Crippen LogP contribution in [0, 0.1) is 5.82 Å². The lowest BCUT2D eigenvalue weighted by atomic mass is 10.1. The van der Waals surface area contributed by atoms with Crippen LogP contribution in [0.3, 0.4) is 0 Å². The molecule has 0 radical (unpaired) electrons. The second-order valence-electron chi connectivity index (χ2n) is 3.20. The zero-order valence-electron chi connectivity index (χ0n) is 8.05. The molecule has 1 heterocycles. The fourth-order valence-corrected chi connectivity index (χ4v) is 1.83. The second-order valence-corrected chi connectivity index (χ2v) is 4.35. The summed E-state index contributed by atoms with van der Waals surface area (Å²) in [6, 6.07) is 6.15. The van der Waals surface area contributed by atoms with E-state index in [4.69, 9.17) is 17.3 Å². The average Bonchev–Trinajstić information content (AvgIpc) is 2.26. The molecule has 0 unspecified atom stereocenters. The number of anilines is 1. The number of nitrogens with two attached hydrogens (primary N) is 1. The maximum Gasteiger partial charge on any atom is 0.145 e. The smallest absolute Gasteiger partial charge is 0.145 e. The van der Waals surface area contributed by atoms with E-state index in [0.717, 1.165) is 0 Å². The monoisotopic (exact) mass is 300 g/mol. The molecule has 0 amide bonds. The lowest BCUT2D eigenvalue weighted by Gasteiger charge is -2.08. The Hall–Kier alpha value is -1.13. The van der Waals surface area contributed by atoms with Gasteiger partial charge in [0.25, 0.3) is 0 Å². The quantitative estimate of drug-likeness (QED) is 0.812. The van der Waals surface area contributed by atoms with Crippen molar-refractivity contribution in [3.8, 4) is 11.1 Å². The number of benzene rings is 1. The first-order valence-electron chi connectivity index (χ1n) is 4.45. The molecule has 2 rings (SSSR count). The van der Waals surface area contributed by atoms with Crippen molar-refractivity contribution in [2.75, 3.05) is 5.73 Å². The predicted octanol–water partition coefficient (Wildman–Crippen LogP) is 3.89. The molecular weight excluding hydrogens is 294 g/mol. The third-order valence-electron chi connectivity index (χ3n) is 2.15. The van der Waals surface area contributed by atoms with Crippen LogP contribution in [0.25, 0.3) is 11.1 Å². The summed E-state index contributed by atoms with van der Waals surface area (Å²) in [5, 5.41) is 0.289. The van der Waals surface area contributed by atoms with E-state index in [1.807, 2.05) is 0 Å². The summed E-state index contributed by atoms with van der Waals surface area (Å²) in [4.78, 5) is 3.96. The van der Waals surface area contributed by atoms with Gasteiger partial charge in [0, 0.05) is 11.8 Å². The van der Waals surface area contributed by atoms with Gasteiger partial charge < -0.3 is 5.73 Å². The fraction of sp³-hybridized carbons (Fsp3) is 0. The number of nitrogens with zero attached hydrogens (tertiary/aromatic N) is 1. The zero-order chi connectivity index (χ0) is 11.7. The Morgan fingerprint density at radius 3 is 2.81 bits per heavy atom. The van der Waals surface area contributed by atoms with Crippen LogP contribution < -0.4 is 5.73 Å². The van der Waals surface area contributed by atoms with Gasteiger partial charge in [0.1, 0.15) is 11.0 Å². The van der Waals surface area contributed by atoms with Crippen LogP contribution in [-0.2, 0) is 0 Å². The molecule has 16 heavy (non-hydrogen) atoms. The van der Waals surface area contributed by atoms with Gasteiger partial charge in [-0.15, -0.1) is 0 Å². The van der Waals surface area contributed by atoms with E-state index < -0.39 is 0 Å². The average molecular weight is 302 g/mol. The Morgan fingerprint density at radius 1 is 1.38 bits per heavy atom. The highest BCUT2D eigenvalue weighted by Crippen LogP contribution is 2.34. The first kappa shape index (κ1) is 11.4. The van der Waals surface area contributed by atoms with Crippen molar-refractivity contribution < 1.29 is 4.39 Å². The Morgan fingerprint density at radius 2 is 2.12 bits per heavy atom. The van der Waals surface area contributed by atoms with Crippen LogP contribution in [0.2, 0.25) is 5.15 Å². The largest absolute Gasteiger partial charge is 0.397 e. The Kier molecular flexibility index (Phi) is 3.12. The summed E-state index contributed by atoms with van der Waals surface area (Å²) in [6.07, 6.45) is 1.52. The van der Waals surface area contributed by atoms with Gasteiger partial charge in [0.2, 0.25) is 0 Å². The first-order chi connectivity index (χ1) is 7.59. The summed E-state index contributed by atoms with van der Waals surface area (Å²) in [5.74, 6) is -0.317. The molecule has 0 aliphatic carbocycles. The van der Waals surface area contributed by atoms with E-state index in [2.05, 4.69) is 20.9 Å². The molecule has 82 valence electrons. The normalized spacial score (nSPS) is 10.4. The highest BCUT2D eigenvalue weighted by Gasteiger charge is 2.10. The molecule has 0 saturated carbocycles. The summed E-state index contributed by atoms with van der Waals surface area (Å²) >= 11 is 9.03. The van der Waals surface area contributed by atoms with Gasteiger partial charge >= 0.3 is 0 Å². The third-order valence-corrected chi connectivity index (χ3v) is 3.47. The van der Waals surface area contributed by atoms with Gasteiger partial charge in [0.15, 0.2) is 0 Å². The van der Waals surface area contributed by atoms with Crippen molar-refractivity contribution in [2.45, 2.75) is 0 Å². The molecule has 2 nitrogen and oxygen atoms in total. The van der Waals surface area contributed by atoms with Gasteiger partial charge in [-0.05, 0) is 33.6 Å². The fourth-order valence-electron chi connectivity index (χ4n) is 1.36. The van der Waals surface area contributed by atoms with Crippen molar-refractivity contribution in [1.29, 1.82) is 0 Å². The topological polar surface area (TPSA) is 38.9 Å². The van der Waals surface area contributed by atoms with E-state index in [1.165, 1.54) is 18.3 Å². The molecule has 1 aromatic heterocycles. The molecule has 0 atom stereocenters. The number of nitrogen functional groups attached to an aromatic ring is 1. The Labute approximate surface area is 105 Å². The van der Waals surface area contributed by atoms with E-state index in [0.29, 0.717) is 21.3 Å². The highest BCUT2D eigenvalue weighted by atomic mass is 79.9. The number of hydrogen-bond donors (Lipinski definition) is 1. The van der Waals surface area contributed by atoms with Crippen molar-refractivity contribution in [3.05, 3.63) is 45.9 Å². The van der Waals surface area contributed by atoms with Crippen LogP contribution in [0.4, 0.5) is 10.1 Å². The van der Waals surface area contributed by atoms with E-state index in [-0.39, 0.29) is 11.0 Å². The van der Waals surface area contributed by atoms with Crippen LogP contribution >= 0.6 is 27.5 Å². The molecule has 0 aliphatic rings. The van der Waals surface area contributed by atoms with Gasteiger partial charge in [-0.2, -0.15) is 0 Å². The van der Waals surface area contributed by atoms with Gasteiger partial charge in [-0.25, -0.2) is 9.37 Å². The molecule has 0 fully saturated rings. The number of hydrogen-bond acceptors (Lipinski definition) is 2. The maximum atomic E-state index is 13.1. The van der Waals surface area contributed by atoms with Crippen LogP contribution in [-0.4, -0.2) is 4.98 Å². The molecule has 2 aromatic rings. The minimum Gasteiger partial charge on any atom is -0.397 e. The number of pyridine rings is 1. The molecular formula is C11H7BrClFN2. The van der Waals surface area contributed by atoms with Crippen LogP contribution in [0.15, 0.2) is 34.9 Å². The van der Waals surface area contributed by atoms with E-state index in [9.17, 15) is 4.39 Å². The summed E-state index contributed by atoms with van der Waals surface area (Å²) in [5.41, 5.74) is 7.64. The molecule has 5 heteroatoms. The van der Waals surface area contributed by atoms with Crippen LogP contribution in [0.5, 0.6) is 0 Å². The maximum absolute atomic E-state index is 13.1. The Bertz CT molecular complexity index is 546. The minimum atomic E-state index is -0.317. The lowest BCUT2D eigenvalue weighted by Crippen LogP contribution is -1.94. The molecule has 0 bridgehead atoms. The number of aromatic nitrogens is 1. The van der Waals surface area contributed by atoms with Crippen LogP contribution in [0.1, 0.15) is 0 Å². The molecule has 0 saturated heterocycles. The van der Waals surface area contributed by atoms with Gasteiger partial charge in [-0.3, -0.25) is 0 Å². The number of halogens is 3. The molecule has 0 aliphatic heterocycles. The van der Waals surface area contributed by atoms with Crippen molar-refractivity contribution >= 4 is 33.2 Å². The van der Waals surface area contributed by atoms with Gasteiger partial charge in [0.05, 0.1) is 10.2 Å². The SMILES string of the molecule is Nc1c(-c2cccc(F)c2)cnc(Cl)c1Br. The number of rotatable bonds is 1. The first-order valence-corrected chi connectivity index (χ1v) is 5.62. The standard InChI is InChI=1S/C11H7BrClFN2/c12-9-10(15)8(5-16-11(9)13)6-2-1-3-7(14)4-6/h1-5H,(H2,15,16). The van der Waals surface area contributed by atoms with E-state index in [1.54, 1.807) is 12.1 Å². The zero-order valence-corrected chi connectivity index (χ0v) is 10.4. The van der Waals surface area contributed by atoms with Crippen molar-refractivity contribution in [2.24, 2.45) is 0 Å². The van der Waals surface area contributed by atoms with Gasteiger partial charge in [-0.1, -0.05) is 23.7 Å². The molecule has 1 aromatic carbocycles. The Balaban J connectivity index is 2.61. The lowest BCUT2D eigenvalue weighted by molar-refractivity contribution is 0.628. The highest BCUT2D eigenvalue weighted by molar-refractivity contribution is 9.10. The summed E-state index contributed by atoms with van der Waals surface area (Å²) in [6.45, 7) is 0. The molecule has 2 N–H and O–H groups in total. The third kappa shape index (κ3) is 2.03. The second kappa shape index (κ2) is 4.39. The van der Waals surface area contributed by atoms with E-state index >= 15 is 0 Å². The molecule has 0 spiro atoms. The minimum absolute atomic E-state index is 0.289. The summed E-state index contributed by atoms with van der Waals surface area (Å²) in [7, 11) is 0. The van der Waals surface area contributed by atoms with Crippen molar-refractivity contribution in [1.82, 2.24) is 4.98 Å².